The van der Waals surface area contributed by atoms with Gasteiger partial charge in [0, 0.05) is 0 Å². The highest BCUT2D eigenvalue weighted by atomic mass is 35.5. The molecule has 0 aromatic heterocycles. The predicted molar refractivity (Wildman–Crippen MR) is 83.7 cm³/mol. The number of benzene rings is 2. The Labute approximate surface area is 133 Å². The molecule has 0 saturated carbocycles. The van der Waals surface area contributed by atoms with Gasteiger partial charge in [0.15, 0.2) is 0 Å². The molecule has 0 amide bonds. The van der Waals surface area contributed by atoms with Gasteiger partial charge in [0.25, 0.3) is 0 Å². The van der Waals surface area contributed by atoms with E-state index in [1.165, 1.54) is 7.11 Å². The molecule has 2 rings (SSSR count). The first-order chi connectivity index (χ1) is 10.4. The van der Waals surface area contributed by atoms with Gasteiger partial charge in [-0.15, -0.1) is 0 Å². The van der Waals surface area contributed by atoms with E-state index in [2.05, 4.69) is 4.74 Å². The fourth-order valence-corrected chi connectivity index (χ4v) is 2.33. The number of hydrogen-bond acceptors (Lipinski definition) is 4. The average Bonchev–Trinajstić information content (AvgIpc) is 2.50. The zero-order valence-electron chi connectivity index (χ0n) is 12.5. The van der Waals surface area contributed by atoms with Crippen molar-refractivity contribution in [3.63, 3.8) is 0 Å². The molecular weight excluding hydrogens is 304 g/mol. The smallest absolute Gasteiger partial charge is 0.345 e. The lowest BCUT2D eigenvalue weighted by Gasteiger charge is -2.12. The Morgan fingerprint density at radius 3 is 2.14 bits per heavy atom. The molecule has 2 aromatic carbocycles. The Bertz CT molecular complexity index is 714. The molecule has 0 radical (unpaired) electrons. The minimum atomic E-state index is -0.539. The second kappa shape index (κ2) is 6.62. The first-order valence-corrected chi connectivity index (χ1v) is 6.98. The zero-order valence-corrected chi connectivity index (χ0v) is 13.2. The van der Waals surface area contributed by atoms with Crippen LogP contribution in [0.5, 0.6) is 5.75 Å². The van der Waals surface area contributed by atoms with Crippen molar-refractivity contribution in [1.29, 1.82) is 0 Å². The number of halogens is 1. The van der Waals surface area contributed by atoms with Crippen molar-refractivity contribution < 1.29 is 19.1 Å². The highest BCUT2D eigenvalue weighted by Crippen LogP contribution is 2.27. The third kappa shape index (κ3) is 3.28. The summed E-state index contributed by atoms with van der Waals surface area (Å²) in [6.45, 7) is 3.52. The summed E-state index contributed by atoms with van der Waals surface area (Å²) in [6, 6.07) is 9.90. The standard InChI is InChI=1S/C17H15ClO4/c1-10-8-12(16(19)21-3)9-11(2)15(10)22-17(20)13-6-4-5-7-14(13)18/h4-9H,1-3H3. The molecule has 0 aliphatic carbocycles. The summed E-state index contributed by atoms with van der Waals surface area (Å²) in [5, 5.41) is 0.328. The molecule has 0 N–H and O–H groups in total. The maximum Gasteiger partial charge on any atom is 0.345 e. The number of esters is 2. The van der Waals surface area contributed by atoms with Crippen LogP contribution in [0.3, 0.4) is 0 Å². The van der Waals surface area contributed by atoms with Crippen molar-refractivity contribution in [1.82, 2.24) is 0 Å². The van der Waals surface area contributed by atoms with Gasteiger partial charge in [-0.1, -0.05) is 23.7 Å². The number of rotatable bonds is 3. The molecule has 0 saturated heterocycles. The van der Waals surface area contributed by atoms with E-state index in [9.17, 15) is 9.59 Å². The molecule has 0 spiro atoms. The van der Waals surface area contributed by atoms with Gasteiger partial charge in [-0.2, -0.15) is 0 Å². The van der Waals surface area contributed by atoms with Crippen molar-refractivity contribution in [3.05, 3.63) is 63.7 Å². The van der Waals surface area contributed by atoms with Crippen molar-refractivity contribution in [2.24, 2.45) is 0 Å². The van der Waals surface area contributed by atoms with Gasteiger partial charge in [-0.25, -0.2) is 9.59 Å². The molecule has 114 valence electrons. The summed E-state index contributed by atoms with van der Waals surface area (Å²) in [5.74, 6) is -0.560. The van der Waals surface area contributed by atoms with E-state index in [1.54, 1.807) is 50.2 Å². The van der Waals surface area contributed by atoms with Crippen molar-refractivity contribution in [2.45, 2.75) is 13.8 Å². The Morgan fingerprint density at radius 2 is 1.59 bits per heavy atom. The van der Waals surface area contributed by atoms with Crippen LogP contribution >= 0.6 is 11.6 Å². The number of hydrogen-bond donors (Lipinski definition) is 0. The Kier molecular flexibility index (Phi) is 4.83. The van der Waals surface area contributed by atoms with Crippen molar-refractivity contribution in [3.8, 4) is 5.75 Å². The van der Waals surface area contributed by atoms with Crippen LogP contribution in [-0.4, -0.2) is 19.0 Å². The topological polar surface area (TPSA) is 52.6 Å². The predicted octanol–water partition coefficient (Wildman–Crippen LogP) is 3.96. The van der Waals surface area contributed by atoms with Crippen LogP contribution < -0.4 is 4.74 Å². The molecule has 0 bridgehead atoms. The second-order valence-electron chi connectivity index (χ2n) is 4.80. The largest absolute Gasteiger partial charge is 0.465 e. The Hall–Kier alpha value is -2.33. The fourth-order valence-electron chi connectivity index (χ4n) is 2.12. The highest BCUT2D eigenvalue weighted by Gasteiger charge is 2.17. The third-order valence-electron chi connectivity index (χ3n) is 3.17. The van der Waals surface area contributed by atoms with Crippen LogP contribution in [0.1, 0.15) is 31.8 Å². The third-order valence-corrected chi connectivity index (χ3v) is 3.50. The Balaban J connectivity index is 2.33. The van der Waals surface area contributed by atoms with Crippen LogP contribution in [0, 0.1) is 13.8 Å². The number of ether oxygens (including phenoxy) is 2. The number of carbonyl (C=O) groups excluding carboxylic acids is 2. The second-order valence-corrected chi connectivity index (χ2v) is 5.21. The lowest BCUT2D eigenvalue weighted by atomic mass is 10.1. The highest BCUT2D eigenvalue weighted by molar-refractivity contribution is 6.33. The lowest BCUT2D eigenvalue weighted by Crippen LogP contribution is -2.12. The van der Waals surface area contributed by atoms with E-state index >= 15 is 0 Å². The van der Waals surface area contributed by atoms with Gasteiger partial charge >= 0.3 is 11.9 Å². The van der Waals surface area contributed by atoms with Crippen LogP contribution in [0.2, 0.25) is 5.02 Å². The molecule has 4 nitrogen and oxygen atoms in total. The summed E-state index contributed by atoms with van der Waals surface area (Å²) in [5.41, 5.74) is 2.04. The lowest BCUT2D eigenvalue weighted by molar-refractivity contribution is 0.0600. The summed E-state index contributed by atoms with van der Waals surface area (Å²) >= 11 is 5.99. The van der Waals surface area contributed by atoms with Gasteiger partial charge in [0.1, 0.15) is 5.75 Å². The first-order valence-electron chi connectivity index (χ1n) is 6.60. The van der Waals surface area contributed by atoms with E-state index in [0.717, 1.165) is 0 Å². The van der Waals surface area contributed by atoms with E-state index in [-0.39, 0.29) is 0 Å². The summed E-state index contributed by atoms with van der Waals surface area (Å²) < 4.78 is 10.1. The molecule has 0 aliphatic rings. The van der Waals surface area contributed by atoms with E-state index in [0.29, 0.717) is 33.0 Å². The van der Waals surface area contributed by atoms with Gasteiger partial charge in [-0.3, -0.25) is 0 Å². The summed E-state index contributed by atoms with van der Waals surface area (Å²) in [6.07, 6.45) is 0. The van der Waals surface area contributed by atoms with Crippen LogP contribution in [-0.2, 0) is 4.74 Å². The maximum absolute atomic E-state index is 12.2. The summed E-state index contributed by atoms with van der Waals surface area (Å²) in [4.78, 5) is 23.8. The fraction of sp³-hybridized carbons (Fsp3) is 0.176. The zero-order chi connectivity index (χ0) is 16.3. The number of carbonyl (C=O) groups is 2. The van der Waals surface area contributed by atoms with Gasteiger partial charge < -0.3 is 9.47 Å². The van der Waals surface area contributed by atoms with Gasteiger partial charge in [-0.05, 0) is 49.2 Å². The van der Waals surface area contributed by atoms with E-state index in [4.69, 9.17) is 16.3 Å². The van der Waals surface area contributed by atoms with Gasteiger partial charge in [0.05, 0.1) is 23.3 Å². The molecule has 5 heteroatoms. The molecular formula is C17H15ClO4. The van der Waals surface area contributed by atoms with E-state index in [1.807, 2.05) is 0 Å². The average molecular weight is 319 g/mol. The molecule has 0 fully saturated rings. The van der Waals surface area contributed by atoms with Crippen LogP contribution in [0.4, 0.5) is 0 Å². The molecule has 22 heavy (non-hydrogen) atoms. The van der Waals surface area contributed by atoms with Crippen LogP contribution in [0.25, 0.3) is 0 Å². The maximum atomic E-state index is 12.2. The Morgan fingerprint density at radius 1 is 1.00 bits per heavy atom. The molecule has 2 aromatic rings. The molecule has 0 heterocycles. The van der Waals surface area contributed by atoms with Crippen molar-refractivity contribution >= 4 is 23.5 Å². The quantitative estimate of drug-likeness (QED) is 0.635. The normalized spacial score (nSPS) is 10.2. The monoisotopic (exact) mass is 318 g/mol. The SMILES string of the molecule is COC(=O)c1cc(C)c(OC(=O)c2ccccc2Cl)c(C)c1. The van der Waals surface area contributed by atoms with Gasteiger partial charge in [0.2, 0.25) is 0 Å². The summed E-state index contributed by atoms with van der Waals surface area (Å²) in [7, 11) is 1.32. The molecule has 0 atom stereocenters. The number of aryl methyl sites for hydroxylation is 2. The molecule has 0 unspecified atom stereocenters. The minimum Gasteiger partial charge on any atom is -0.465 e. The minimum absolute atomic E-state index is 0.292. The van der Waals surface area contributed by atoms with Crippen LogP contribution in [0.15, 0.2) is 36.4 Å². The van der Waals surface area contributed by atoms with Crippen molar-refractivity contribution in [2.75, 3.05) is 7.11 Å². The van der Waals surface area contributed by atoms with E-state index < -0.39 is 11.9 Å². The first kappa shape index (κ1) is 16.0. The number of methoxy groups -OCH3 is 1. The molecule has 0 aliphatic heterocycles.